The second-order valence-electron chi connectivity index (χ2n) is 8.45. The number of likely N-dealkylation sites (N-methyl/N-ethyl adjacent to an activating group) is 1. The molecule has 1 atom stereocenters. The summed E-state index contributed by atoms with van der Waals surface area (Å²) in [6.45, 7) is 12.0. The molecule has 0 aliphatic carbocycles. The number of nitrogens with zero attached hydrogens (tertiary/aromatic N) is 6. The van der Waals surface area contributed by atoms with Gasteiger partial charge in [0, 0.05) is 52.4 Å². The maximum Gasteiger partial charge on any atom is 0.191 e. The van der Waals surface area contributed by atoms with E-state index in [1.165, 1.54) is 19.4 Å². The summed E-state index contributed by atoms with van der Waals surface area (Å²) >= 11 is 0. The van der Waals surface area contributed by atoms with Crippen LogP contribution >= 0.6 is 24.0 Å². The zero-order chi connectivity index (χ0) is 21.3. The molecular weight excluding hydrogens is 507 g/mol. The number of hydrogen-bond acceptors (Lipinski definition) is 6. The first-order valence-electron chi connectivity index (χ1n) is 11.5. The second-order valence-corrected chi connectivity index (χ2v) is 8.45. The summed E-state index contributed by atoms with van der Waals surface area (Å²) < 4.78 is 7.22. The summed E-state index contributed by atoms with van der Waals surface area (Å²) in [6.07, 6.45) is 4.79. The molecule has 2 aliphatic rings. The van der Waals surface area contributed by atoms with Gasteiger partial charge in [-0.05, 0) is 45.7 Å². The number of likely N-dealkylation sites (tertiary alicyclic amines) is 2. The maximum absolute atomic E-state index is 5.22. The SMILES string of the molecule is CCN1CCCC1CNC(=NCc1nnc(C)n1C)NC1CCN(CCOC)CC1.I. The number of rotatable bonds is 9. The first-order chi connectivity index (χ1) is 14.6. The van der Waals surface area contributed by atoms with E-state index in [0.29, 0.717) is 18.6 Å². The van der Waals surface area contributed by atoms with Gasteiger partial charge in [-0.3, -0.25) is 4.90 Å². The predicted molar refractivity (Wildman–Crippen MR) is 135 cm³/mol. The lowest BCUT2D eigenvalue weighted by Gasteiger charge is -2.33. The third-order valence-electron chi connectivity index (χ3n) is 6.51. The molecule has 0 bridgehead atoms. The van der Waals surface area contributed by atoms with Crippen molar-refractivity contribution < 1.29 is 4.74 Å². The van der Waals surface area contributed by atoms with Crippen LogP contribution in [0.3, 0.4) is 0 Å². The zero-order valence-electron chi connectivity index (χ0n) is 19.6. The molecule has 0 radical (unpaired) electrons. The van der Waals surface area contributed by atoms with E-state index in [2.05, 4.69) is 37.6 Å². The van der Waals surface area contributed by atoms with E-state index < -0.39 is 0 Å². The third-order valence-corrected chi connectivity index (χ3v) is 6.51. The minimum atomic E-state index is 0. The van der Waals surface area contributed by atoms with Gasteiger partial charge in [-0.15, -0.1) is 34.2 Å². The fraction of sp³-hybridized carbons (Fsp3) is 0.857. The molecule has 1 aromatic heterocycles. The molecule has 9 nitrogen and oxygen atoms in total. The quantitative estimate of drug-likeness (QED) is 0.274. The first-order valence-corrected chi connectivity index (χ1v) is 11.5. The van der Waals surface area contributed by atoms with E-state index in [0.717, 1.165) is 69.8 Å². The minimum Gasteiger partial charge on any atom is -0.383 e. The van der Waals surface area contributed by atoms with E-state index in [-0.39, 0.29) is 24.0 Å². The van der Waals surface area contributed by atoms with Crippen molar-refractivity contribution in [2.45, 2.75) is 58.2 Å². The lowest BCUT2D eigenvalue weighted by Crippen LogP contribution is -2.51. The van der Waals surface area contributed by atoms with Gasteiger partial charge in [0.1, 0.15) is 12.4 Å². The van der Waals surface area contributed by atoms with E-state index >= 15 is 0 Å². The Morgan fingerprint density at radius 1 is 1.19 bits per heavy atom. The Morgan fingerprint density at radius 2 is 1.97 bits per heavy atom. The van der Waals surface area contributed by atoms with Crippen LogP contribution in [0.2, 0.25) is 0 Å². The summed E-state index contributed by atoms with van der Waals surface area (Å²) in [5, 5.41) is 15.7. The van der Waals surface area contributed by atoms with Crippen molar-refractivity contribution in [2.24, 2.45) is 12.0 Å². The van der Waals surface area contributed by atoms with E-state index in [9.17, 15) is 0 Å². The summed E-state index contributed by atoms with van der Waals surface area (Å²) in [6, 6.07) is 1.04. The number of aromatic nitrogens is 3. The first kappa shape index (κ1) is 26.3. The Morgan fingerprint density at radius 3 is 2.61 bits per heavy atom. The Hall–Kier alpha value is -0.980. The molecular formula is C21H41IN8O. The van der Waals surface area contributed by atoms with Crippen molar-refractivity contribution in [2.75, 3.05) is 53.0 Å². The predicted octanol–water partition coefficient (Wildman–Crippen LogP) is 1.37. The molecule has 2 N–H and O–H groups in total. The minimum absolute atomic E-state index is 0. The van der Waals surface area contributed by atoms with Gasteiger partial charge in [0.05, 0.1) is 6.61 Å². The number of hydrogen-bond donors (Lipinski definition) is 2. The normalized spacial score (nSPS) is 21.3. The van der Waals surface area contributed by atoms with Crippen molar-refractivity contribution in [1.82, 2.24) is 35.2 Å². The molecule has 0 saturated carbocycles. The van der Waals surface area contributed by atoms with Crippen LogP contribution in [0.4, 0.5) is 0 Å². The maximum atomic E-state index is 5.22. The number of aliphatic imine (C=N–C) groups is 1. The van der Waals surface area contributed by atoms with Gasteiger partial charge in [-0.1, -0.05) is 6.92 Å². The average molecular weight is 549 g/mol. The lowest BCUT2D eigenvalue weighted by molar-refractivity contribution is 0.128. The Balaban J connectivity index is 0.00000341. The van der Waals surface area contributed by atoms with Gasteiger partial charge in [0.15, 0.2) is 11.8 Å². The highest BCUT2D eigenvalue weighted by Crippen LogP contribution is 2.16. The molecule has 31 heavy (non-hydrogen) atoms. The van der Waals surface area contributed by atoms with Crippen LogP contribution in [-0.2, 0) is 18.3 Å². The van der Waals surface area contributed by atoms with E-state index in [1.807, 2.05) is 18.5 Å². The lowest BCUT2D eigenvalue weighted by atomic mass is 10.1. The average Bonchev–Trinajstić information content (AvgIpc) is 3.35. The smallest absolute Gasteiger partial charge is 0.191 e. The molecule has 3 heterocycles. The zero-order valence-corrected chi connectivity index (χ0v) is 22.0. The summed E-state index contributed by atoms with van der Waals surface area (Å²) in [7, 11) is 3.76. The van der Waals surface area contributed by atoms with Gasteiger partial charge in [-0.2, -0.15) is 0 Å². The largest absolute Gasteiger partial charge is 0.383 e. The molecule has 10 heteroatoms. The van der Waals surface area contributed by atoms with Crippen LogP contribution in [-0.4, -0.2) is 95.6 Å². The van der Waals surface area contributed by atoms with Gasteiger partial charge in [-0.25, -0.2) is 4.99 Å². The van der Waals surface area contributed by atoms with E-state index in [4.69, 9.17) is 9.73 Å². The van der Waals surface area contributed by atoms with Crippen LogP contribution in [0.1, 0.15) is 44.3 Å². The van der Waals surface area contributed by atoms with Crippen molar-refractivity contribution >= 4 is 29.9 Å². The van der Waals surface area contributed by atoms with Gasteiger partial charge < -0.3 is 24.8 Å². The molecule has 1 unspecified atom stereocenters. The fourth-order valence-electron chi connectivity index (χ4n) is 4.36. The van der Waals surface area contributed by atoms with Gasteiger partial charge in [0.2, 0.25) is 0 Å². The molecule has 2 aliphatic heterocycles. The van der Waals surface area contributed by atoms with Gasteiger partial charge >= 0.3 is 0 Å². The van der Waals surface area contributed by atoms with Crippen molar-refractivity contribution in [3.8, 4) is 0 Å². The van der Waals surface area contributed by atoms with Crippen LogP contribution in [0.15, 0.2) is 4.99 Å². The van der Waals surface area contributed by atoms with Crippen LogP contribution in [0, 0.1) is 6.92 Å². The number of aryl methyl sites for hydroxylation is 1. The third kappa shape index (κ3) is 7.83. The molecule has 2 saturated heterocycles. The number of guanidine groups is 1. The summed E-state index contributed by atoms with van der Waals surface area (Å²) in [4.78, 5) is 9.90. The molecule has 2 fully saturated rings. The molecule has 0 aromatic carbocycles. The Bertz CT molecular complexity index is 674. The number of ether oxygens (including phenoxy) is 1. The number of methoxy groups -OCH3 is 1. The Labute approximate surface area is 204 Å². The van der Waals surface area contributed by atoms with Crippen molar-refractivity contribution in [1.29, 1.82) is 0 Å². The highest BCUT2D eigenvalue weighted by atomic mass is 127. The molecule has 3 rings (SSSR count). The van der Waals surface area contributed by atoms with Crippen LogP contribution in [0.5, 0.6) is 0 Å². The number of piperidine rings is 1. The van der Waals surface area contributed by atoms with E-state index in [1.54, 1.807) is 7.11 Å². The standard InChI is InChI=1S/C21H40N8O.HI/c1-5-29-10-6-7-19(29)15-22-21(23-16-20-26-25-17(2)27(20)3)24-18-8-11-28(12-9-18)13-14-30-4;/h18-19H,5-16H2,1-4H3,(H2,22,23,24);1H. The topological polar surface area (TPSA) is 82.8 Å². The number of nitrogens with one attached hydrogen (secondary N) is 2. The van der Waals surface area contributed by atoms with Crippen molar-refractivity contribution in [3.63, 3.8) is 0 Å². The summed E-state index contributed by atoms with van der Waals surface area (Å²) in [5.74, 6) is 2.70. The molecule has 0 amide bonds. The summed E-state index contributed by atoms with van der Waals surface area (Å²) in [5.41, 5.74) is 0. The molecule has 1 aromatic rings. The second kappa shape index (κ2) is 13.5. The molecule has 0 spiro atoms. The highest BCUT2D eigenvalue weighted by Gasteiger charge is 2.24. The molecule has 178 valence electrons. The number of halogens is 1. The van der Waals surface area contributed by atoms with Crippen LogP contribution in [0.25, 0.3) is 0 Å². The van der Waals surface area contributed by atoms with Crippen LogP contribution < -0.4 is 10.6 Å². The van der Waals surface area contributed by atoms with Crippen molar-refractivity contribution in [3.05, 3.63) is 11.6 Å². The van der Waals surface area contributed by atoms with Gasteiger partial charge in [0.25, 0.3) is 0 Å². The fourth-order valence-corrected chi connectivity index (χ4v) is 4.36. The Kier molecular flexibility index (Phi) is 11.5. The highest BCUT2D eigenvalue weighted by molar-refractivity contribution is 14.0. The monoisotopic (exact) mass is 548 g/mol.